The Labute approximate surface area is 172 Å². The standard InChI is InChI=1S/C24H21F3N2O/c1-30-20-13-14-22-21(16-20)28-23(18-9-11-19(12-10-18)24(25,26)27)29(22)15-5-8-17-6-3-2-4-7-17/h2-4,6-7,9-14,16H,5,8,15H2,1H3. The molecule has 3 nitrogen and oxygen atoms in total. The number of benzene rings is 3. The van der Waals surface area contributed by atoms with Crippen molar-refractivity contribution in [2.45, 2.75) is 25.6 Å². The fraction of sp³-hybridized carbons (Fsp3) is 0.208. The monoisotopic (exact) mass is 410 g/mol. The van der Waals surface area contributed by atoms with E-state index in [2.05, 4.69) is 16.7 Å². The largest absolute Gasteiger partial charge is 0.497 e. The molecule has 1 heterocycles. The van der Waals surface area contributed by atoms with Gasteiger partial charge in [0.05, 0.1) is 23.7 Å². The number of fused-ring (bicyclic) bond motifs is 1. The summed E-state index contributed by atoms with van der Waals surface area (Å²) in [5.41, 5.74) is 2.92. The van der Waals surface area contributed by atoms with E-state index in [9.17, 15) is 13.2 Å². The molecule has 0 saturated carbocycles. The summed E-state index contributed by atoms with van der Waals surface area (Å²) in [7, 11) is 1.59. The van der Waals surface area contributed by atoms with E-state index >= 15 is 0 Å². The number of rotatable bonds is 6. The van der Waals surface area contributed by atoms with Gasteiger partial charge >= 0.3 is 6.18 Å². The molecule has 0 aliphatic heterocycles. The molecule has 0 spiro atoms. The van der Waals surface area contributed by atoms with E-state index < -0.39 is 11.7 Å². The lowest BCUT2D eigenvalue weighted by molar-refractivity contribution is -0.137. The molecule has 4 aromatic rings. The molecule has 0 atom stereocenters. The van der Waals surface area contributed by atoms with Gasteiger partial charge in [-0.2, -0.15) is 13.2 Å². The first-order chi connectivity index (χ1) is 14.5. The number of aryl methyl sites for hydroxylation is 2. The van der Waals surface area contributed by atoms with Crippen LogP contribution in [-0.2, 0) is 19.1 Å². The number of halogens is 3. The van der Waals surface area contributed by atoms with Gasteiger partial charge in [-0.25, -0.2) is 4.98 Å². The molecule has 0 saturated heterocycles. The molecular formula is C24H21F3N2O. The van der Waals surface area contributed by atoms with Crippen LogP contribution in [0.5, 0.6) is 5.75 Å². The summed E-state index contributed by atoms with van der Waals surface area (Å²) in [6, 6.07) is 21.0. The molecule has 3 aromatic carbocycles. The number of aromatic nitrogens is 2. The van der Waals surface area contributed by atoms with Crippen LogP contribution in [0.4, 0.5) is 13.2 Å². The molecule has 0 N–H and O–H groups in total. The van der Waals surface area contributed by atoms with Gasteiger partial charge in [-0.05, 0) is 42.7 Å². The first-order valence-electron chi connectivity index (χ1n) is 9.71. The smallest absolute Gasteiger partial charge is 0.416 e. The van der Waals surface area contributed by atoms with Gasteiger partial charge in [0, 0.05) is 18.2 Å². The molecule has 30 heavy (non-hydrogen) atoms. The Balaban J connectivity index is 1.69. The van der Waals surface area contributed by atoms with Crippen molar-refractivity contribution in [2.75, 3.05) is 7.11 Å². The zero-order valence-electron chi connectivity index (χ0n) is 16.5. The molecular weight excluding hydrogens is 389 g/mol. The second kappa shape index (κ2) is 8.22. The highest BCUT2D eigenvalue weighted by Crippen LogP contribution is 2.32. The summed E-state index contributed by atoms with van der Waals surface area (Å²) in [6.45, 7) is 0.702. The average molecular weight is 410 g/mol. The van der Waals surface area contributed by atoms with E-state index in [0.717, 1.165) is 36.0 Å². The van der Waals surface area contributed by atoms with Crippen LogP contribution in [0.25, 0.3) is 22.4 Å². The molecule has 0 aliphatic rings. The molecule has 154 valence electrons. The Morgan fingerprint density at radius 3 is 2.33 bits per heavy atom. The highest BCUT2D eigenvalue weighted by Gasteiger charge is 2.30. The maximum Gasteiger partial charge on any atom is 0.416 e. The van der Waals surface area contributed by atoms with E-state index in [1.807, 2.05) is 36.4 Å². The number of methoxy groups -OCH3 is 1. The van der Waals surface area contributed by atoms with Gasteiger partial charge < -0.3 is 9.30 Å². The molecule has 0 unspecified atom stereocenters. The lowest BCUT2D eigenvalue weighted by atomic mass is 10.1. The van der Waals surface area contributed by atoms with Crippen LogP contribution in [0.1, 0.15) is 17.5 Å². The normalized spacial score (nSPS) is 11.7. The van der Waals surface area contributed by atoms with Gasteiger partial charge in [-0.1, -0.05) is 42.5 Å². The molecule has 0 fully saturated rings. The minimum atomic E-state index is -4.36. The molecule has 0 bridgehead atoms. The van der Waals surface area contributed by atoms with Crippen LogP contribution in [0.3, 0.4) is 0 Å². The average Bonchev–Trinajstić information content (AvgIpc) is 3.11. The molecule has 0 amide bonds. The van der Waals surface area contributed by atoms with Crippen LogP contribution in [0, 0.1) is 0 Å². The number of alkyl halides is 3. The maximum atomic E-state index is 12.9. The first-order valence-corrected chi connectivity index (χ1v) is 9.71. The highest BCUT2D eigenvalue weighted by atomic mass is 19.4. The lowest BCUT2D eigenvalue weighted by Gasteiger charge is -2.11. The summed E-state index contributed by atoms with van der Waals surface area (Å²) in [4.78, 5) is 4.71. The van der Waals surface area contributed by atoms with Crippen LogP contribution in [0.15, 0.2) is 72.8 Å². The number of hydrogen-bond donors (Lipinski definition) is 0. The Hall–Kier alpha value is -3.28. The van der Waals surface area contributed by atoms with Gasteiger partial charge in [-0.3, -0.25) is 0 Å². The van der Waals surface area contributed by atoms with Crippen LogP contribution in [-0.4, -0.2) is 16.7 Å². The van der Waals surface area contributed by atoms with Crippen molar-refractivity contribution in [1.29, 1.82) is 0 Å². The molecule has 0 aliphatic carbocycles. The van der Waals surface area contributed by atoms with Gasteiger partial charge in [0.1, 0.15) is 11.6 Å². The third-order valence-electron chi connectivity index (χ3n) is 5.12. The second-order valence-corrected chi connectivity index (χ2v) is 7.11. The van der Waals surface area contributed by atoms with Crippen molar-refractivity contribution in [3.8, 4) is 17.1 Å². The SMILES string of the molecule is COc1ccc2c(c1)nc(-c1ccc(C(F)(F)F)cc1)n2CCCc1ccccc1. The quantitative estimate of drug-likeness (QED) is 0.370. The fourth-order valence-electron chi connectivity index (χ4n) is 3.58. The van der Waals surface area contributed by atoms with Crippen molar-refractivity contribution in [3.63, 3.8) is 0 Å². The second-order valence-electron chi connectivity index (χ2n) is 7.11. The fourth-order valence-corrected chi connectivity index (χ4v) is 3.58. The lowest BCUT2D eigenvalue weighted by Crippen LogP contribution is -2.05. The summed E-state index contributed by atoms with van der Waals surface area (Å²) in [5, 5.41) is 0. The molecule has 6 heteroatoms. The van der Waals surface area contributed by atoms with Crippen molar-refractivity contribution >= 4 is 11.0 Å². The number of nitrogens with zero attached hydrogens (tertiary/aromatic N) is 2. The summed E-state index contributed by atoms with van der Waals surface area (Å²) >= 11 is 0. The molecule has 0 radical (unpaired) electrons. The third kappa shape index (κ3) is 4.17. The van der Waals surface area contributed by atoms with Crippen molar-refractivity contribution in [3.05, 3.63) is 83.9 Å². The summed E-state index contributed by atoms with van der Waals surface area (Å²) in [6.07, 6.45) is -2.57. The van der Waals surface area contributed by atoms with Crippen LogP contribution >= 0.6 is 0 Å². The van der Waals surface area contributed by atoms with Crippen LogP contribution in [0.2, 0.25) is 0 Å². The maximum absolute atomic E-state index is 12.9. The van der Waals surface area contributed by atoms with Crippen molar-refractivity contribution in [1.82, 2.24) is 9.55 Å². The zero-order valence-corrected chi connectivity index (χ0v) is 16.5. The van der Waals surface area contributed by atoms with E-state index in [4.69, 9.17) is 9.72 Å². The van der Waals surface area contributed by atoms with E-state index in [0.29, 0.717) is 23.7 Å². The van der Waals surface area contributed by atoms with E-state index in [-0.39, 0.29) is 0 Å². The Morgan fingerprint density at radius 2 is 1.67 bits per heavy atom. The molecule has 1 aromatic heterocycles. The number of hydrogen-bond acceptors (Lipinski definition) is 2. The van der Waals surface area contributed by atoms with Gasteiger partial charge in [0.25, 0.3) is 0 Å². The first kappa shape index (κ1) is 20.0. The minimum absolute atomic E-state index is 0.651. The van der Waals surface area contributed by atoms with E-state index in [1.54, 1.807) is 7.11 Å². The topological polar surface area (TPSA) is 27.1 Å². The summed E-state index contributed by atoms with van der Waals surface area (Å²) in [5.74, 6) is 1.34. The van der Waals surface area contributed by atoms with Crippen molar-refractivity contribution < 1.29 is 17.9 Å². The van der Waals surface area contributed by atoms with E-state index in [1.165, 1.54) is 17.7 Å². The summed E-state index contributed by atoms with van der Waals surface area (Å²) < 4.78 is 46.2. The van der Waals surface area contributed by atoms with Gasteiger partial charge in [0.15, 0.2) is 0 Å². The van der Waals surface area contributed by atoms with Crippen molar-refractivity contribution in [2.24, 2.45) is 0 Å². The predicted octanol–water partition coefficient (Wildman–Crippen LogP) is 6.36. The Kier molecular flexibility index (Phi) is 5.48. The number of imidazole rings is 1. The van der Waals surface area contributed by atoms with Gasteiger partial charge in [-0.15, -0.1) is 0 Å². The number of ether oxygens (including phenoxy) is 1. The third-order valence-corrected chi connectivity index (χ3v) is 5.12. The highest BCUT2D eigenvalue weighted by molar-refractivity contribution is 5.82. The molecule has 4 rings (SSSR count). The minimum Gasteiger partial charge on any atom is -0.497 e. The Morgan fingerprint density at radius 1 is 0.933 bits per heavy atom. The Bertz CT molecular complexity index is 1130. The zero-order chi connectivity index (χ0) is 21.1. The predicted molar refractivity (Wildman–Crippen MR) is 111 cm³/mol. The van der Waals surface area contributed by atoms with Gasteiger partial charge in [0.2, 0.25) is 0 Å². The van der Waals surface area contributed by atoms with Crippen LogP contribution < -0.4 is 4.74 Å².